The molecule has 2 aromatic rings. The third-order valence-corrected chi connectivity index (χ3v) is 3.59. The number of phenols is 1. The van der Waals surface area contributed by atoms with Crippen molar-refractivity contribution in [1.82, 2.24) is 0 Å². The molecule has 2 rings (SSSR count). The van der Waals surface area contributed by atoms with Gasteiger partial charge in [0.2, 0.25) is 0 Å². The van der Waals surface area contributed by atoms with Gasteiger partial charge in [-0.1, -0.05) is 37.9 Å². The molecule has 2 aromatic carbocycles. The highest BCUT2D eigenvalue weighted by Crippen LogP contribution is 2.29. The number of Topliss-reactive ketones (excluding diaryl/α,β-unsaturated/α-hetero) is 1. The van der Waals surface area contributed by atoms with Gasteiger partial charge >= 0.3 is 0 Å². The smallest absolute Gasteiger partial charge is 0.167 e. The number of carbonyl (C=O) groups excluding carboxylic acids is 1. The van der Waals surface area contributed by atoms with Crippen molar-refractivity contribution in [2.45, 2.75) is 13.5 Å². The van der Waals surface area contributed by atoms with Crippen molar-refractivity contribution in [3.8, 4) is 11.5 Å². The number of benzene rings is 2. The summed E-state index contributed by atoms with van der Waals surface area (Å²) in [4.78, 5) is 11.6. The van der Waals surface area contributed by atoms with Crippen LogP contribution >= 0.6 is 31.9 Å². The van der Waals surface area contributed by atoms with Gasteiger partial charge in [-0.15, -0.1) is 0 Å². The molecule has 0 spiro atoms. The lowest BCUT2D eigenvalue weighted by molar-refractivity contribution is 0.101. The first-order valence-electron chi connectivity index (χ1n) is 5.88. The largest absolute Gasteiger partial charge is 0.507 e. The molecule has 0 aliphatic carbocycles. The molecular formula is C15H12Br2O3. The quantitative estimate of drug-likeness (QED) is 0.758. The second-order valence-corrected chi connectivity index (χ2v) is 6.10. The summed E-state index contributed by atoms with van der Waals surface area (Å²) >= 11 is 6.82. The Bertz CT molecular complexity index is 633. The van der Waals surface area contributed by atoms with Crippen LogP contribution in [0.15, 0.2) is 45.3 Å². The normalized spacial score (nSPS) is 10.3. The van der Waals surface area contributed by atoms with E-state index in [0.29, 0.717) is 12.4 Å². The minimum atomic E-state index is -0.228. The fraction of sp³-hybridized carbons (Fsp3) is 0.133. The fourth-order valence-corrected chi connectivity index (χ4v) is 3.24. The Hall–Kier alpha value is -1.33. The lowest BCUT2D eigenvalue weighted by Gasteiger charge is -2.11. The predicted molar refractivity (Wildman–Crippen MR) is 84.3 cm³/mol. The van der Waals surface area contributed by atoms with E-state index >= 15 is 0 Å². The van der Waals surface area contributed by atoms with Crippen LogP contribution in [0.5, 0.6) is 11.5 Å². The Kier molecular flexibility index (Phi) is 4.83. The van der Waals surface area contributed by atoms with E-state index in [0.717, 1.165) is 14.5 Å². The molecule has 0 bridgehead atoms. The second-order valence-electron chi connectivity index (χ2n) is 4.27. The van der Waals surface area contributed by atoms with Crippen LogP contribution in [-0.2, 0) is 6.61 Å². The zero-order valence-electron chi connectivity index (χ0n) is 10.7. The molecule has 0 saturated heterocycles. The summed E-state index contributed by atoms with van der Waals surface area (Å²) in [7, 11) is 0. The first-order valence-corrected chi connectivity index (χ1v) is 7.46. The summed E-state index contributed by atoms with van der Waals surface area (Å²) in [6, 6.07) is 10.6. The standard InChI is InChI=1S/C15H12Br2O3/c1-9(18)15-13(19)3-2-4-14(15)20-8-10-5-11(16)7-12(17)6-10/h2-7,19H,8H2,1H3. The van der Waals surface area contributed by atoms with Crippen molar-refractivity contribution < 1.29 is 14.6 Å². The molecule has 0 aliphatic rings. The van der Waals surface area contributed by atoms with Gasteiger partial charge in [0, 0.05) is 8.95 Å². The van der Waals surface area contributed by atoms with Crippen molar-refractivity contribution >= 4 is 37.6 Å². The highest BCUT2D eigenvalue weighted by molar-refractivity contribution is 9.11. The second kappa shape index (κ2) is 6.41. The number of hydrogen-bond donors (Lipinski definition) is 1. The summed E-state index contributed by atoms with van der Waals surface area (Å²) in [6.07, 6.45) is 0. The maximum Gasteiger partial charge on any atom is 0.167 e. The number of rotatable bonds is 4. The maximum absolute atomic E-state index is 11.6. The molecule has 104 valence electrons. The zero-order valence-corrected chi connectivity index (χ0v) is 13.9. The summed E-state index contributed by atoms with van der Waals surface area (Å²) in [5, 5.41) is 9.73. The van der Waals surface area contributed by atoms with E-state index in [1.807, 2.05) is 18.2 Å². The number of ether oxygens (including phenoxy) is 1. The molecule has 0 amide bonds. The number of aromatic hydroxyl groups is 1. The van der Waals surface area contributed by atoms with E-state index in [4.69, 9.17) is 4.74 Å². The first kappa shape index (κ1) is 15.1. The third-order valence-electron chi connectivity index (χ3n) is 2.67. The van der Waals surface area contributed by atoms with Gasteiger partial charge in [0.05, 0.1) is 0 Å². The highest BCUT2D eigenvalue weighted by atomic mass is 79.9. The summed E-state index contributed by atoms with van der Waals surface area (Å²) in [5.74, 6) is 0.0903. The number of halogens is 2. The van der Waals surface area contributed by atoms with E-state index < -0.39 is 0 Å². The predicted octanol–water partition coefficient (Wildman–Crippen LogP) is 4.70. The van der Waals surface area contributed by atoms with E-state index in [1.54, 1.807) is 12.1 Å². The lowest BCUT2D eigenvalue weighted by atomic mass is 10.1. The minimum Gasteiger partial charge on any atom is -0.507 e. The molecule has 0 heterocycles. The molecule has 0 atom stereocenters. The molecule has 3 nitrogen and oxygen atoms in total. The van der Waals surface area contributed by atoms with Crippen molar-refractivity contribution in [3.63, 3.8) is 0 Å². The van der Waals surface area contributed by atoms with Crippen LogP contribution < -0.4 is 4.74 Å². The van der Waals surface area contributed by atoms with Gasteiger partial charge < -0.3 is 9.84 Å². The van der Waals surface area contributed by atoms with Gasteiger partial charge in [0.25, 0.3) is 0 Å². The topological polar surface area (TPSA) is 46.5 Å². The summed E-state index contributed by atoms with van der Waals surface area (Å²) in [5.41, 5.74) is 1.16. The van der Waals surface area contributed by atoms with Crippen LogP contribution in [0.25, 0.3) is 0 Å². The van der Waals surface area contributed by atoms with Crippen LogP contribution in [0.3, 0.4) is 0 Å². The van der Waals surface area contributed by atoms with E-state index in [9.17, 15) is 9.90 Å². The molecule has 5 heteroatoms. The lowest BCUT2D eigenvalue weighted by Crippen LogP contribution is -2.02. The Labute approximate surface area is 133 Å². The van der Waals surface area contributed by atoms with Crippen LogP contribution in [0, 0.1) is 0 Å². The first-order chi connectivity index (χ1) is 9.47. The summed E-state index contributed by atoms with van der Waals surface area (Å²) in [6.45, 7) is 1.71. The van der Waals surface area contributed by atoms with Crippen molar-refractivity contribution in [2.24, 2.45) is 0 Å². The van der Waals surface area contributed by atoms with Gasteiger partial charge in [0.15, 0.2) is 5.78 Å². The number of carbonyl (C=O) groups is 1. The van der Waals surface area contributed by atoms with Crippen molar-refractivity contribution in [2.75, 3.05) is 0 Å². The van der Waals surface area contributed by atoms with Gasteiger partial charge in [-0.2, -0.15) is 0 Å². The molecule has 0 fully saturated rings. The van der Waals surface area contributed by atoms with Crippen molar-refractivity contribution in [3.05, 3.63) is 56.5 Å². The van der Waals surface area contributed by atoms with E-state index in [-0.39, 0.29) is 17.1 Å². The van der Waals surface area contributed by atoms with Gasteiger partial charge in [-0.25, -0.2) is 0 Å². The maximum atomic E-state index is 11.6. The third kappa shape index (κ3) is 3.61. The Morgan fingerprint density at radius 2 is 1.85 bits per heavy atom. The van der Waals surface area contributed by atoms with Crippen LogP contribution in [-0.4, -0.2) is 10.9 Å². The van der Waals surface area contributed by atoms with Gasteiger partial charge in [0.1, 0.15) is 23.7 Å². The monoisotopic (exact) mass is 398 g/mol. The van der Waals surface area contributed by atoms with Crippen molar-refractivity contribution in [1.29, 1.82) is 0 Å². The number of hydrogen-bond acceptors (Lipinski definition) is 3. The molecule has 0 radical (unpaired) electrons. The Morgan fingerprint density at radius 1 is 1.20 bits per heavy atom. The average Bonchev–Trinajstić information content (AvgIpc) is 2.34. The van der Waals surface area contributed by atoms with Crippen LogP contribution in [0.4, 0.5) is 0 Å². The molecule has 1 N–H and O–H groups in total. The fourth-order valence-electron chi connectivity index (χ4n) is 1.85. The molecule has 0 saturated carbocycles. The Balaban J connectivity index is 2.23. The SMILES string of the molecule is CC(=O)c1c(O)cccc1OCc1cc(Br)cc(Br)c1. The minimum absolute atomic E-state index is 0.0644. The molecular weight excluding hydrogens is 388 g/mol. The molecule has 0 aliphatic heterocycles. The van der Waals surface area contributed by atoms with Crippen LogP contribution in [0.1, 0.15) is 22.8 Å². The molecule has 0 aromatic heterocycles. The molecule has 0 unspecified atom stereocenters. The van der Waals surface area contributed by atoms with E-state index in [2.05, 4.69) is 31.9 Å². The highest BCUT2D eigenvalue weighted by Gasteiger charge is 2.13. The zero-order chi connectivity index (χ0) is 14.7. The molecule has 20 heavy (non-hydrogen) atoms. The van der Waals surface area contributed by atoms with E-state index in [1.165, 1.54) is 13.0 Å². The van der Waals surface area contributed by atoms with Gasteiger partial charge in [-0.3, -0.25) is 4.79 Å². The number of phenolic OH excluding ortho intramolecular Hbond substituents is 1. The average molecular weight is 400 g/mol. The Morgan fingerprint density at radius 3 is 2.45 bits per heavy atom. The number of ketones is 1. The summed E-state index contributed by atoms with van der Waals surface area (Å²) < 4.78 is 7.53. The van der Waals surface area contributed by atoms with Crippen LogP contribution in [0.2, 0.25) is 0 Å². The van der Waals surface area contributed by atoms with Gasteiger partial charge in [-0.05, 0) is 42.8 Å².